The van der Waals surface area contributed by atoms with Crippen LogP contribution in [0, 0.1) is 18.7 Å². The van der Waals surface area contributed by atoms with Crippen LogP contribution in [0.25, 0.3) is 0 Å². The lowest BCUT2D eigenvalue weighted by molar-refractivity contribution is 0.398. The molecule has 2 rings (SSSR count). The van der Waals surface area contributed by atoms with Crippen molar-refractivity contribution in [2.75, 3.05) is 18.1 Å². The van der Waals surface area contributed by atoms with Crippen molar-refractivity contribution < 1.29 is 12.8 Å². The van der Waals surface area contributed by atoms with Crippen molar-refractivity contribution in [3.05, 3.63) is 35.1 Å². The predicted molar refractivity (Wildman–Crippen MR) is 74.3 cm³/mol. The summed E-state index contributed by atoms with van der Waals surface area (Å²) in [6.45, 7) is 4.62. The van der Waals surface area contributed by atoms with E-state index < -0.39 is 9.84 Å². The standard InChI is InChI=1S/C14H20FNO2S/c1-3-16-14(11-6-7-19(17,18)9-11)13-5-4-12(15)8-10(13)2/h4-5,8,11,14,16H,3,6-7,9H2,1-2H3. The molecule has 1 N–H and O–H groups in total. The van der Waals surface area contributed by atoms with Crippen LogP contribution >= 0.6 is 0 Å². The summed E-state index contributed by atoms with van der Waals surface area (Å²) < 4.78 is 36.4. The summed E-state index contributed by atoms with van der Waals surface area (Å²) in [6, 6.07) is 4.70. The second-order valence-electron chi connectivity index (χ2n) is 5.20. The lowest BCUT2D eigenvalue weighted by atomic mass is 9.90. The van der Waals surface area contributed by atoms with Crippen LogP contribution in [-0.2, 0) is 9.84 Å². The quantitative estimate of drug-likeness (QED) is 0.922. The molecule has 0 aliphatic carbocycles. The van der Waals surface area contributed by atoms with Gasteiger partial charge < -0.3 is 5.32 Å². The van der Waals surface area contributed by atoms with Gasteiger partial charge in [0.05, 0.1) is 11.5 Å². The van der Waals surface area contributed by atoms with Crippen molar-refractivity contribution in [3.8, 4) is 0 Å². The number of aryl methyl sites for hydroxylation is 1. The second-order valence-corrected chi connectivity index (χ2v) is 7.43. The van der Waals surface area contributed by atoms with E-state index in [9.17, 15) is 12.8 Å². The molecule has 0 amide bonds. The Morgan fingerprint density at radius 2 is 2.21 bits per heavy atom. The largest absolute Gasteiger partial charge is 0.310 e. The number of sulfone groups is 1. The molecule has 1 aromatic rings. The van der Waals surface area contributed by atoms with Crippen molar-refractivity contribution >= 4 is 9.84 Å². The molecule has 5 heteroatoms. The van der Waals surface area contributed by atoms with Gasteiger partial charge in [0.1, 0.15) is 5.82 Å². The van der Waals surface area contributed by atoms with Gasteiger partial charge in [-0.05, 0) is 49.1 Å². The molecule has 0 bridgehead atoms. The highest BCUT2D eigenvalue weighted by Crippen LogP contribution is 2.33. The predicted octanol–water partition coefficient (Wildman–Crippen LogP) is 2.22. The molecule has 3 nitrogen and oxygen atoms in total. The molecule has 1 aliphatic heterocycles. The zero-order chi connectivity index (χ0) is 14.0. The minimum Gasteiger partial charge on any atom is -0.310 e. The summed E-state index contributed by atoms with van der Waals surface area (Å²) in [5, 5.41) is 3.35. The van der Waals surface area contributed by atoms with Crippen molar-refractivity contribution in [1.82, 2.24) is 5.32 Å². The maximum Gasteiger partial charge on any atom is 0.150 e. The molecule has 1 heterocycles. The van der Waals surface area contributed by atoms with E-state index in [4.69, 9.17) is 0 Å². The number of hydrogen-bond donors (Lipinski definition) is 1. The molecule has 1 fully saturated rings. The van der Waals surface area contributed by atoms with Gasteiger partial charge in [-0.3, -0.25) is 0 Å². The van der Waals surface area contributed by atoms with Crippen LogP contribution in [0.4, 0.5) is 4.39 Å². The fraction of sp³-hybridized carbons (Fsp3) is 0.571. The second kappa shape index (κ2) is 5.59. The summed E-state index contributed by atoms with van der Waals surface area (Å²) in [4.78, 5) is 0. The van der Waals surface area contributed by atoms with E-state index in [1.54, 1.807) is 6.07 Å². The highest BCUT2D eigenvalue weighted by molar-refractivity contribution is 7.91. The Hall–Kier alpha value is -0.940. The van der Waals surface area contributed by atoms with Crippen molar-refractivity contribution in [3.63, 3.8) is 0 Å². The summed E-state index contributed by atoms with van der Waals surface area (Å²) in [6.07, 6.45) is 0.677. The first-order chi connectivity index (χ1) is 8.93. The van der Waals surface area contributed by atoms with Crippen molar-refractivity contribution in [1.29, 1.82) is 0 Å². The summed E-state index contributed by atoms with van der Waals surface area (Å²) in [7, 11) is -2.90. The smallest absolute Gasteiger partial charge is 0.150 e. The molecule has 0 radical (unpaired) electrons. The molecule has 1 saturated heterocycles. The number of benzene rings is 1. The zero-order valence-corrected chi connectivity index (χ0v) is 12.1. The zero-order valence-electron chi connectivity index (χ0n) is 11.3. The monoisotopic (exact) mass is 285 g/mol. The van der Waals surface area contributed by atoms with Gasteiger partial charge in [0, 0.05) is 6.04 Å². The Morgan fingerprint density at radius 3 is 2.74 bits per heavy atom. The molecule has 2 unspecified atom stereocenters. The molecule has 1 aromatic carbocycles. The van der Waals surface area contributed by atoms with Crippen LogP contribution in [0.15, 0.2) is 18.2 Å². The third kappa shape index (κ3) is 3.34. The van der Waals surface area contributed by atoms with E-state index in [0.29, 0.717) is 6.42 Å². The van der Waals surface area contributed by atoms with Gasteiger partial charge in [0.15, 0.2) is 9.84 Å². The van der Waals surface area contributed by atoms with E-state index in [0.717, 1.165) is 17.7 Å². The molecular formula is C14H20FNO2S. The first-order valence-electron chi connectivity index (χ1n) is 6.63. The van der Waals surface area contributed by atoms with Gasteiger partial charge >= 0.3 is 0 Å². The van der Waals surface area contributed by atoms with Crippen LogP contribution < -0.4 is 5.32 Å². The van der Waals surface area contributed by atoms with Gasteiger partial charge in [-0.15, -0.1) is 0 Å². The molecular weight excluding hydrogens is 265 g/mol. The minimum absolute atomic E-state index is 0.0112. The van der Waals surface area contributed by atoms with Gasteiger partial charge in [0.25, 0.3) is 0 Å². The Bertz CT molecular complexity index is 557. The van der Waals surface area contributed by atoms with Gasteiger partial charge in [-0.2, -0.15) is 0 Å². The van der Waals surface area contributed by atoms with Crippen molar-refractivity contribution in [2.24, 2.45) is 5.92 Å². The van der Waals surface area contributed by atoms with Crippen LogP contribution in [0.2, 0.25) is 0 Å². The first kappa shape index (κ1) is 14.5. The van der Waals surface area contributed by atoms with E-state index in [1.807, 2.05) is 13.8 Å². The van der Waals surface area contributed by atoms with Crippen LogP contribution in [0.3, 0.4) is 0 Å². The molecule has 2 atom stereocenters. The van der Waals surface area contributed by atoms with E-state index in [2.05, 4.69) is 5.32 Å². The van der Waals surface area contributed by atoms with E-state index in [1.165, 1.54) is 12.1 Å². The SMILES string of the molecule is CCNC(c1ccc(F)cc1C)C1CCS(=O)(=O)C1. The van der Waals surface area contributed by atoms with Crippen LogP contribution in [0.1, 0.15) is 30.5 Å². The third-order valence-corrected chi connectivity index (χ3v) is 5.52. The number of rotatable bonds is 4. The fourth-order valence-electron chi connectivity index (χ4n) is 2.83. The van der Waals surface area contributed by atoms with E-state index in [-0.39, 0.29) is 29.3 Å². The van der Waals surface area contributed by atoms with Crippen LogP contribution in [-0.4, -0.2) is 26.5 Å². The lowest BCUT2D eigenvalue weighted by Crippen LogP contribution is -2.29. The Morgan fingerprint density at radius 1 is 1.47 bits per heavy atom. The lowest BCUT2D eigenvalue weighted by Gasteiger charge is -2.25. The first-order valence-corrected chi connectivity index (χ1v) is 8.45. The Kier molecular flexibility index (Phi) is 4.26. The topological polar surface area (TPSA) is 46.2 Å². The van der Waals surface area contributed by atoms with Gasteiger partial charge in [0.2, 0.25) is 0 Å². The number of nitrogens with one attached hydrogen (secondary N) is 1. The molecule has 106 valence electrons. The van der Waals surface area contributed by atoms with Crippen molar-refractivity contribution in [2.45, 2.75) is 26.3 Å². The maximum absolute atomic E-state index is 13.2. The summed E-state index contributed by atoms with van der Waals surface area (Å²) in [5.41, 5.74) is 1.88. The highest BCUT2D eigenvalue weighted by Gasteiger charge is 2.34. The Balaban J connectivity index is 2.30. The average Bonchev–Trinajstić information content (AvgIpc) is 2.67. The molecule has 0 saturated carbocycles. The maximum atomic E-state index is 13.2. The highest BCUT2D eigenvalue weighted by atomic mass is 32.2. The number of halogens is 1. The fourth-order valence-corrected chi connectivity index (χ4v) is 4.67. The number of hydrogen-bond acceptors (Lipinski definition) is 3. The van der Waals surface area contributed by atoms with Gasteiger partial charge in [-0.1, -0.05) is 13.0 Å². The average molecular weight is 285 g/mol. The molecule has 19 heavy (non-hydrogen) atoms. The normalized spacial score (nSPS) is 23.4. The molecule has 0 aromatic heterocycles. The summed E-state index contributed by atoms with van der Waals surface area (Å²) >= 11 is 0. The van der Waals surface area contributed by atoms with Crippen LogP contribution in [0.5, 0.6) is 0 Å². The third-order valence-electron chi connectivity index (χ3n) is 3.73. The summed E-state index contributed by atoms with van der Waals surface area (Å²) in [5.74, 6) is 0.311. The van der Waals surface area contributed by atoms with E-state index >= 15 is 0 Å². The molecule has 1 aliphatic rings. The minimum atomic E-state index is -2.90. The Labute approximate surface area is 114 Å². The molecule has 0 spiro atoms. The van der Waals surface area contributed by atoms with Gasteiger partial charge in [-0.25, -0.2) is 12.8 Å².